The number of carbonyl (C=O) groups excluding carboxylic acids is 1. The Kier molecular flexibility index (Phi) is 4.02. The molecule has 3 nitrogen and oxygen atoms in total. The Hall–Kier alpha value is -1.35. The first-order valence-corrected chi connectivity index (χ1v) is 6.62. The number of nitrogens with zero attached hydrogens (tertiary/aromatic N) is 1. The molecule has 0 aliphatic carbocycles. The van der Waals surface area contributed by atoms with E-state index in [4.69, 9.17) is 4.74 Å². The lowest BCUT2D eigenvalue weighted by Gasteiger charge is -2.06. The predicted molar refractivity (Wildman–Crippen MR) is 71.1 cm³/mol. The van der Waals surface area contributed by atoms with Crippen LogP contribution in [0.3, 0.4) is 0 Å². The highest BCUT2D eigenvalue weighted by Gasteiger charge is 2.53. The minimum absolute atomic E-state index is 0.0882. The van der Waals surface area contributed by atoms with Gasteiger partial charge in [0.05, 0.1) is 12.6 Å². The molecule has 0 N–H and O–H groups in total. The molecule has 98 valence electrons. The summed E-state index contributed by atoms with van der Waals surface area (Å²) >= 11 is 0. The number of benzene rings is 1. The summed E-state index contributed by atoms with van der Waals surface area (Å²) in [7, 11) is 0. The Bertz CT molecular complexity index is 402. The normalized spacial score (nSPS) is 26.1. The SMILES string of the molecule is CCOC(=O)[C@@H]1[C@H](c2ccccc2)N1CC(C)C. The van der Waals surface area contributed by atoms with Crippen LogP contribution in [0.15, 0.2) is 30.3 Å². The summed E-state index contributed by atoms with van der Waals surface area (Å²) in [5.41, 5.74) is 1.20. The molecule has 0 bridgehead atoms. The molecule has 0 saturated carbocycles. The third-order valence-corrected chi connectivity index (χ3v) is 3.17. The van der Waals surface area contributed by atoms with Gasteiger partial charge in [0, 0.05) is 6.54 Å². The van der Waals surface area contributed by atoms with Gasteiger partial charge >= 0.3 is 5.97 Å². The second-order valence-corrected chi connectivity index (χ2v) is 5.14. The van der Waals surface area contributed by atoms with E-state index in [2.05, 4.69) is 30.9 Å². The van der Waals surface area contributed by atoms with Crippen LogP contribution in [0.2, 0.25) is 0 Å². The molecule has 1 aromatic carbocycles. The van der Waals surface area contributed by atoms with Crippen molar-refractivity contribution < 1.29 is 9.53 Å². The van der Waals surface area contributed by atoms with Crippen molar-refractivity contribution in [2.75, 3.05) is 13.2 Å². The van der Waals surface area contributed by atoms with Gasteiger partial charge in [-0.1, -0.05) is 44.2 Å². The minimum Gasteiger partial charge on any atom is -0.465 e. The van der Waals surface area contributed by atoms with Crippen molar-refractivity contribution in [1.82, 2.24) is 4.90 Å². The van der Waals surface area contributed by atoms with E-state index in [0.29, 0.717) is 12.5 Å². The van der Waals surface area contributed by atoms with Crippen molar-refractivity contribution in [3.05, 3.63) is 35.9 Å². The second kappa shape index (κ2) is 5.53. The summed E-state index contributed by atoms with van der Waals surface area (Å²) in [6.07, 6.45) is 0. The van der Waals surface area contributed by atoms with Gasteiger partial charge in [0.25, 0.3) is 0 Å². The molecular formula is C15H21NO2. The zero-order chi connectivity index (χ0) is 13.1. The molecule has 1 aliphatic rings. The van der Waals surface area contributed by atoms with E-state index in [0.717, 1.165) is 6.54 Å². The van der Waals surface area contributed by atoms with Crippen molar-refractivity contribution in [1.29, 1.82) is 0 Å². The van der Waals surface area contributed by atoms with Gasteiger partial charge < -0.3 is 4.74 Å². The Balaban J connectivity index is 2.10. The number of hydrogen-bond acceptors (Lipinski definition) is 3. The molecule has 2 rings (SSSR count). The summed E-state index contributed by atoms with van der Waals surface area (Å²) in [5.74, 6) is 0.461. The molecule has 3 heteroatoms. The third kappa shape index (κ3) is 2.72. The largest absolute Gasteiger partial charge is 0.465 e. The quantitative estimate of drug-likeness (QED) is 0.591. The molecular weight excluding hydrogens is 226 g/mol. The van der Waals surface area contributed by atoms with Crippen LogP contribution in [0.5, 0.6) is 0 Å². The molecule has 0 aromatic heterocycles. The molecule has 1 unspecified atom stereocenters. The van der Waals surface area contributed by atoms with E-state index in [-0.39, 0.29) is 18.1 Å². The van der Waals surface area contributed by atoms with Crippen LogP contribution in [0.25, 0.3) is 0 Å². The number of ether oxygens (including phenoxy) is 1. The van der Waals surface area contributed by atoms with Gasteiger partial charge in [0.1, 0.15) is 6.04 Å². The van der Waals surface area contributed by atoms with Crippen molar-refractivity contribution in [3.8, 4) is 0 Å². The zero-order valence-corrected chi connectivity index (χ0v) is 11.3. The van der Waals surface area contributed by atoms with Crippen molar-refractivity contribution in [2.24, 2.45) is 5.92 Å². The maximum atomic E-state index is 11.9. The molecule has 1 heterocycles. The summed E-state index contributed by atoms with van der Waals surface area (Å²) in [6, 6.07) is 10.3. The summed E-state index contributed by atoms with van der Waals surface area (Å²) in [6.45, 7) is 7.57. The minimum atomic E-state index is -0.0907. The third-order valence-electron chi connectivity index (χ3n) is 3.17. The van der Waals surface area contributed by atoms with Gasteiger partial charge in [-0.15, -0.1) is 0 Å². The fourth-order valence-corrected chi connectivity index (χ4v) is 2.44. The summed E-state index contributed by atoms with van der Waals surface area (Å²) in [5, 5.41) is 0. The Morgan fingerprint density at radius 2 is 2.00 bits per heavy atom. The highest BCUT2D eigenvalue weighted by molar-refractivity contribution is 5.80. The van der Waals surface area contributed by atoms with Gasteiger partial charge in [-0.2, -0.15) is 0 Å². The fourth-order valence-electron chi connectivity index (χ4n) is 2.44. The molecule has 1 saturated heterocycles. The molecule has 0 radical (unpaired) electrons. The Morgan fingerprint density at radius 3 is 2.56 bits per heavy atom. The van der Waals surface area contributed by atoms with Crippen LogP contribution in [-0.2, 0) is 9.53 Å². The first kappa shape index (κ1) is 13.1. The molecule has 3 atom stereocenters. The molecule has 1 aliphatic heterocycles. The van der Waals surface area contributed by atoms with Crippen LogP contribution in [0.4, 0.5) is 0 Å². The maximum absolute atomic E-state index is 11.9. The first-order chi connectivity index (χ1) is 8.65. The smallest absolute Gasteiger partial charge is 0.325 e. The van der Waals surface area contributed by atoms with E-state index in [1.165, 1.54) is 5.56 Å². The number of carbonyl (C=O) groups is 1. The summed E-state index contributed by atoms with van der Waals surface area (Å²) < 4.78 is 5.15. The van der Waals surface area contributed by atoms with E-state index < -0.39 is 0 Å². The van der Waals surface area contributed by atoms with Crippen molar-refractivity contribution in [3.63, 3.8) is 0 Å². The standard InChI is InChI=1S/C15H21NO2/c1-4-18-15(17)14-13(16(14)10-11(2)3)12-8-6-5-7-9-12/h5-9,11,13-14H,4,10H2,1-3H3/t13-,14-,16?/m0/s1. The lowest BCUT2D eigenvalue weighted by molar-refractivity contribution is -0.143. The number of rotatable bonds is 5. The average Bonchev–Trinajstić information content (AvgIpc) is 3.03. The van der Waals surface area contributed by atoms with Crippen LogP contribution >= 0.6 is 0 Å². The van der Waals surface area contributed by atoms with E-state index in [1.54, 1.807) is 0 Å². The molecule has 0 amide bonds. The summed E-state index contributed by atoms with van der Waals surface area (Å²) in [4.78, 5) is 14.1. The molecule has 1 aromatic rings. The van der Waals surface area contributed by atoms with E-state index in [9.17, 15) is 4.79 Å². The van der Waals surface area contributed by atoms with Crippen LogP contribution in [-0.4, -0.2) is 30.1 Å². The number of esters is 1. The second-order valence-electron chi connectivity index (χ2n) is 5.14. The highest BCUT2D eigenvalue weighted by Crippen LogP contribution is 2.44. The predicted octanol–water partition coefficient (Wildman–Crippen LogP) is 2.63. The highest BCUT2D eigenvalue weighted by atomic mass is 16.5. The van der Waals surface area contributed by atoms with Crippen LogP contribution < -0.4 is 0 Å². The average molecular weight is 247 g/mol. The molecule has 1 fully saturated rings. The maximum Gasteiger partial charge on any atom is 0.325 e. The van der Waals surface area contributed by atoms with Gasteiger partial charge in [-0.05, 0) is 18.4 Å². The number of hydrogen-bond donors (Lipinski definition) is 0. The lowest BCUT2D eigenvalue weighted by Crippen LogP contribution is -2.18. The van der Waals surface area contributed by atoms with E-state index in [1.807, 2.05) is 25.1 Å². The van der Waals surface area contributed by atoms with Crippen LogP contribution in [0.1, 0.15) is 32.4 Å². The molecule has 0 spiro atoms. The van der Waals surface area contributed by atoms with Crippen molar-refractivity contribution in [2.45, 2.75) is 32.9 Å². The fraction of sp³-hybridized carbons (Fsp3) is 0.533. The zero-order valence-electron chi connectivity index (χ0n) is 11.3. The molecule has 18 heavy (non-hydrogen) atoms. The van der Waals surface area contributed by atoms with Crippen molar-refractivity contribution >= 4 is 5.97 Å². The topological polar surface area (TPSA) is 29.3 Å². The monoisotopic (exact) mass is 247 g/mol. The van der Waals surface area contributed by atoms with Crippen LogP contribution in [0, 0.1) is 5.92 Å². The Labute approximate surface area is 109 Å². The van der Waals surface area contributed by atoms with Gasteiger partial charge in [0.15, 0.2) is 0 Å². The lowest BCUT2D eigenvalue weighted by atomic mass is 10.1. The first-order valence-electron chi connectivity index (χ1n) is 6.62. The van der Waals surface area contributed by atoms with Gasteiger partial charge in [-0.3, -0.25) is 9.69 Å². The van der Waals surface area contributed by atoms with E-state index >= 15 is 0 Å². The Morgan fingerprint density at radius 1 is 1.33 bits per heavy atom. The van der Waals surface area contributed by atoms with Gasteiger partial charge in [-0.25, -0.2) is 0 Å². The van der Waals surface area contributed by atoms with Gasteiger partial charge in [0.2, 0.25) is 0 Å².